The van der Waals surface area contributed by atoms with Crippen molar-refractivity contribution < 1.29 is 34.4 Å². The minimum Gasteiger partial charge on any atom is -0.390 e. The van der Waals surface area contributed by atoms with E-state index < -0.39 is 28.6 Å². The Hall–Kier alpha value is -1.12. The summed E-state index contributed by atoms with van der Waals surface area (Å²) in [6.45, 7) is 5.25. The Balaban J connectivity index is 1.41. The zero-order valence-corrected chi connectivity index (χ0v) is 19.1. The molecule has 0 aromatic rings. The van der Waals surface area contributed by atoms with Crippen LogP contribution >= 0.6 is 0 Å². The van der Waals surface area contributed by atoms with E-state index in [0.29, 0.717) is 38.9 Å². The highest BCUT2D eigenvalue weighted by Crippen LogP contribution is 2.67. The summed E-state index contributed by atoms with van der Waals surface area (Å²) in [7, 11) is 0. The molecular formula is C25H36O7. The van der Waals surface area contributed by atoms with Gasteiger partial charge in [0.05, 0.1) is 30.5 Å². The standard InChI is InChI=1S/C25H36O7/c1-23-11-21(28)20(27)10-18(23)19(26)9-17-15(23)3-6-24(2)16(4-7-25(17,24)30)22(29)13-32-14-5-8-31-12-14/h9,14-16,18,20-21,27-28,30H,3-8,10-13H2,1-2H3/t14?,15?,16?,18?,20?,21?,23?,24?,25-/m1/s1. The van der Waals surface area contributed by atoms with Crippen molar-refractivity contribution in [3.63, 3.8) is 0 Å². The van der Waals surface area contributed by atoms with Crippen molar-refractivity contribution in [2.75, 3.05) is 19.8 Å². The topological polar surface area (TPSA) is 113 Å². The van der Waals surface area contributed by atoms with Crippen LogP contribution < -0.4 is 0 Å². The number of Topliss-reactive ketones (excluding diaryl/α,β-unsaturated/α-hetero) is 1. The first-order valence-electron chi connectivity index (χ1n) is 12.2. The summed E-state index contributed by atoms with van der Waals surface area (Å²) in [5, 5.41) is 32.7. The normalized spacial score (nSPS) is 50.4. The van der Waals surface area contributed by atoms with Crippen LogP contribution in [-0.2, 0) is 19.1 Å². The maximum absolute atomic E-state index is 13.2. The molecule has 32 heavy (non-hydrogen) atoms. The lowest BCUT2D eigenvalue weighted by Gasteiger charge is -2.59. The summed E-state index contributed by atoms with van der Waals surface area (Å²) in [5.41, 5.74) is -1.60. The molecule has 3 saturated carbocycles. The van der Waals surface area contributed by atoms with E-state index in [1.165, 1.54) is 0 Å². The number of aliphatic hydroxyl groups excluding tert-OH is 2. The average molecular weight is 449 g/mol. The van der Waals surface area contributed by atoms with E-state index >= 15 is 0 Å². The smallest absolute Gasteiger partial charge is 0.162 e. The molecule has 0 aromatic heterocycles. The number of ether oxygens (including phenoxy) is 2. The van der Waals surface area contributed by atoms with Gasteiger partial charge in [-0.2, -0.15) is 0 Å². The fourth-order valence-electron chi connectivity index (χ4n) is 7.83. The van der Waals surface area contributed by atoms with Crippen LogP contribution in [0.5, 0.6) is 0 Å². The fourth-order valence-corrected chi connectivity index (χ4v) is 7.83. The van der Waals surface area contributed by atoms with Crippen LogP contribution in [0.4, 0.5) is 0 Å². The van der Waals surface area contributed by atoms with E-state index in [-0.39, 0.29) is 48.5 Å². The highest BCUT2D eigenvalue weighted by molar-refractivity contribution is 5.95. The predicted octanol–water partition coefficient (Wildman–Crippen LogP) is 1.57. The first kappa shape index (κ1) is 22.7. The number of carbonyl (C=O) groups is 2. The first-order valence-corrected chi connectivity index (χ1v) is 12.2. The highest BCUT2D eigenvalue weighted by atomic mass is 16.5. The molecule has 0 bridgehead atoms. The molecule has 0 aromatic carbocycles. The van der Waals surface area contributed by atoms with Gasteiger partial charge in [-0.05, 0) is 67.9 Å². The van der Waals surface area contributed by atoms with Crippen LogP contribution in [0.1, 0.15) is 58.8 Å². The molecule has 5 aliphatic rings. The Labute approximate surface area is 189 Å². The van der Waals surface area contributed by atoms with Crippen molar-refractivity contribution in [2.45, 2.75) is 82.7 Å². The fraction of sp³-hybridized carbons (Fsp3) is 0.840. The molecule has 0 amide bonds. The predicted molar refractivity (Wildman–Crippen MR) is 115 cm³/mol. The summed E-state index contributed by atoms with van der Waals surface area (Å²) in [6, 6.07) is 0. The van der Waals surface area contributed by atoms with Crippen LogP contribution in [-0.4, -0.2) is 70.6 Å². The van der Waals surface area contributed by atoms with E-state index in [2.05, 4.69) is 0 Å². The number of allylic oxidation sites excluding steroid dienone is 1. The second-order valence-electron chi connectivity index (χ2n) is 11.4. The summed E-state index contributed by atoms with van der Waals surface area (Å²) in [5.74, 6) is -0.732. The molecule has 0 radical (unpaired) electrons. The third kappa shape index (κ3) is 3.12. The highest BCUT2D eigenvalue weighted by Gasteiger charge is 2.67. The Morgan fingerprint density at radius 2 is 1.94 bits per heavy atom. The van der Waals surface area contributed by atoms with Crippen molar-refractivity contribution in [3.8, 4) is 0 Å². The first-order chi connectivity index (χ1) is 15.1. The molecule has 1 aliphatic heterocycles. The van der Waals surface area contributed by atoms with Gasteiger partial charge in [0, 0.05) is 23.9 Å². The lowest BCUT2D eigenvalue weighted by molar-refractivity contribution is -0.155. The average Bonchev–Trinajstić information content (AvgIpc) is 3.35. The van der Waals surface area contributed by atoms with Crippen LogP contribution in [0.3, 0.4) is 0 Å². The quantitative estimate of drug-likeness (QED) is 0.598. The third-order valence-corrected chi connectivity index (χ3v) is 9.86. The van der Waals surface area contributed by atoms with Gasteiger partial charge in [0.1, 0.15) is 6.61 Å². The van der Waals surface area contributed by atoms with Crippen LogP contribution in [0.2, 0.25) is 0 Å². The Morgan fingerprint density at radius 3 is 2.66 bits per heavy atom. The van der Waals surface area contributed by atoms with Gasteiger partial charge in [-0.25, -0.2) is 0 Å². The van der Waals surface area contributed by atoms with Gasteiger partial charge in [0.2, 0.25) is 0 Å². The van der Waals surface area contributed by atoms with Crippen LogP contribution in [0, 0.1) is 28.6 Å². The minimum atomic E-state index is -1.21. The van der Waals surface area contributed by atoms with Gasteiger partial charge in [-0.1, -0.05) is 13.8 Å². The molecule has 8 unspecified atom stereocenters. The van der Waals surface area contributed by atoms with Crippen molar-refractivity contribution in [1.29, 1.82) is 0 Å². The number of hydrogen-bond donors (Lipinski definition) is 3. The molecule has 7 nitrogen and oxygen atoms in total. The molecule has 1 saturated heterocycles. The molecule has 3 N–H and O–H groups in total. The molecule has 5 rings (SSSR count). The lowest BCUT2D eigenvalue weighted by Crippen LogP contribution is -2.61. The Bertz CT molecular complexity index is 832. The van der Waals surface area contributed by atoms with Gasteiger partial charge < -0.3 is 24.8 Å². The summed E-state index contributed by atoms with van der Waals surface area (Å²) < 4.78 is 11.1. The molecule has 178 valence electrons. The Morgan fingerprint density at radius 1 is 1.16 bits per heavy atom. The number of hydrogen-bond acceptors (Lipinski definition) is 7. The van der Waals surface area contributed by atoms with Gasteiger partial charge in [0.25, 0.3) is 0 Å². The van der Waals surface area contributed by atoms with Crippen molar-refractivity contribution >= 4 is 11.6 Å². The number of rotatable bonds is 4. The molecule has 4 aliphatic carbocycles. The Kier molecular flexibility index (Phi) is 5.45. The van der Waals surface area contributed by atoms with E-state index in [4.69, 9.17) is 9.47 Å². The summed E-state index contributed by atoms with van der Waals surface area (Å²) >= 11 is 0. The number of aliphatic hydroxyl groups is 3. The minimum absolute atomic E-state index is 0.0248. The maximum atomic E-state index is 13.2. The second-order valence-corrected chi connectivity index (χ2v) is 11.4. The number of carbonyl (C=O) groups excluding carboxylic acids is 2. The largest absolute Gasteiger partial charge is 0.390 e. The summed E-state index contributed by atoms with van der Waals surface area (Å²) in [6.07, 6.45) is 3.72. The molecule has 1 heterocycles. The molecule has 7 heteroatoms. The second kappa shape index (κ2) is 7.70. The van der Waals surface area contributed by atoms with Crippen molar-refractivity contribution in [2.24, 2.45) is 28.6 Å². The van der Waals surface area contributed by atoms with Gasteiger partial charge in [-0.3, -0.25) is 9.59 Å². The maximum Gasteiger partial charge on any atom is 0.162 e. The van der Waals surface area contributed by atoms with Crippen LogP contribution in [0.25, 0.3) is 0 Å². The SMILES string of the molecule is CC12CC(O)C(O)CC1C(=O)C=C1C2CCC2(C)C(C(=O)COC3CCOC3)CC[C@@]12O. The van der Waals surface area contributed by atoms with E-state index in [1.807, 2.05) is 13.8 Å². The van der Waals surface area contributed by atoms with Gasteiger partial charge in [-0.15, -0.1) is 0 Å². The molecule has 4 fully saturated rings. The summed E-state index contributed by atoms with van der Waals surface area (Å²) in [4.78, 5) is 26.3. The van der Waals surface area contributed by atoms with Crippen molar-refractivity contribution in [3.05, 3.63) is 11.6 Å². The number of ketones is 2. The van der Waals surface area contributed by atoms with Gasteiger partial charge in [0.15, 0.2) is 11.6 Å². The zero-order valence-electron chi connectivity index (χ0n) is 19.1. The van der Waals surface area contributed by atoms with E-state index in [9.17, 15) is 24.9 Å². The van der Waals surface area contributed by atoms with E-state index in [0.717, 1.165) is 18.4 Å². The molecule has 9 atom stereocenters. The third-order valence-electron chi connectivity index (χ3n) is 9.86. The lowest BCUT2D eigenvalue weighted by atomic mass is 9.46. The monoisotopic (exact) mass is 448 g/mol. The van der Waals surface area contributed by atoms with Crippen molar-refractivity contribution in [1.82, 2.24) is 0 Å². The van der Waals surface area contributed by atoms with Crippen LogP contribution in [0.15, 0.2) is 11.6 Å². The van der Waals surface area contributed by atoms with E-state index in [1.54, 1.807) is 6.08 Å². The zero-order chi connectivity index (χ0) is 22.9. The molecule has 0 spiro atoms. The number of fused-ring (bicyclic) bond motifs is 5. The molecular weight excluding hydrogens is 412 g/mol. The van der Waals surface area contributed by atoms with Gasteiger partial charge >= 0.3 is 0 Å².